The largest absolute Gasteiger partial charge is 0.480 e. The third-order valence-corrected chi connectivity index (χ3v) is 2.42. The van der Waals surface area contributed by atoms with Crippen molar-refractivity contribution in [3.63, 3.8) is 0 Å². The Labute approximate surface area is 106 Å². The van der Waals surface area contributed by atoms with Gasteiger partial charge in [0.15, 0.2) is 0 Å². The maximum Gasteiger partial charge on any atom is 0.326 e. The molecule has 7 nitrogen and oxygen atoms in total. The van der Waals surface area contributed by atoms with Gasteiger partial charge in [-0.3, -0.25) is 9.59 Å². The van der Waals surface area contributed by atoms with Crippen molar-refractivity contribution in [3.05, 3.63) is 0 Å². The fourth-order valence-electron chi connectivity index (χ4n) is 1.34. The highest BCUT2D eigenvalue weighted by molar-refractivity contribution is 5.87. The Balaban J connectivity index is 4.31. The Morgan fingerprint density at radius 2 is 1.94 bits per heavy atom. The number of nitrogens with one attached hydrogen (secondary N) is 1. The summed E-state index contributed by atoms with van der Waals surface area (Å²) in [6.45, 7) is 1.87. The monoisotopic (exact) mass is 260 g/mol. The topological polar surface area (TPSA) is 119 Å². The van der Waals surface area contributed by atoms with E-state index in [0.29, 0.717) is 6.42 Å². The van der Waals surface area contributed by atoms with E-state index in [2.05, 4.69) is 10.1 Å². The van der Waals surface area contributed by atoms with E-state index in [-0.39, 0.29) is 12.8 Å². The zero-order valence-electron chi connectivity index (χ0n) is 10.6. The fraction of sp³-hybridized carbons (Fsp3) is 0.727. The Kier molecular flexibility index (Phi) is 7.69. The van der Waals surface area contributed by atoms with Crippen molar-refractivity contribution in [2.24, 2.45) is 5.73 Å². The van der Waals surface area contributed by atoms with Crippen LogP contribution >= 0.6 is 0 Å². The van der Waals surface area contributed by atoms with Crippen LogP contribution in [-0.2, 0) is 19.1 Å². The van der Waals surface area contributed by atoms with Crippen LogP contribution in [0.3, 0.4) is 0 Å². The van der Waals surface area contributed by atoms with Gasteiger partial charge in [0.25, 0.3) is 0 Å². The van der Waals surface area contributed by atoms with Crippen LogP contribution in [0.15, 0.2) is 0 Å². The molecule has 0 aromatic rings. The van der Waals surface area contributed by atoms with E-state index in [4.69, 9.17) is 10.8 Å². The van der Waals surface area contributed by atoms with Crippen molar-refractivity contribution in [3.8, 4) is 0 Å². The minimum atomic E-state index is -1.20. The van der Waals surface area contributed by atoms with Crippen molar-refractivity contribution < 1.29 is 24.2 Å². The third kappa shape index (κ3) is 6.19. The molecule has 0 aromatic heterocycles. The summed E-state index contributed by atoms with van der Waals surface area (Å²) in [5, 5.41) is 11.2. The van der Waals surface area contributed by atoms with Gasteiger partial charge in [0.05, 0.1) is 13.2 Å². The number of nitrogens with two attached hydrogens (primary N) is 1. The number of ether oxygens (including phenoxy) is 1. The summed E-state index contributed by atoms with van der Waals surface area (Å²) in [6, 6.07) is -1.85. The number of hydrogen-bond acceptors (Lipinski definition) is 5. The zero-order chi connectivity index (χ0) is 14.1. The van der Waals surface area contributed by atoms with Crippen LogP contribution in [0, 0.1) is 0 Å². The van der Waals surface area contributed by atoms with E-state index in [1.165, 1.54) is 7.11 Å². The maximum atomic E-state index is 11.5. The summed E-state index contributed by atoms with van der Waals surface area (Å²) < 4.78 is 4.40. The number of amides is 1. The Morgan fingerprint density at radius 1 is 1.33 bits per heavy atom. The number of carbonyl (C=O) groups excluding carboxylic acids is 2. The molecule has 0 aliphatic heterocycles. The molecular weight excluding hydrogens is 240 g/mol. The van der Waals surface area contributed by atoms with Crippen LogP contribution < -0.4 is 11.1 Å². The van der Waals surface area contributed by atoms with Crippen LogP contribution in [0.4, 0.5) is 0 Å². The van der Waals surface area contributed by atoms with E-state index in [1.54, 1.807) is 0 Å². The average molecular weight is 260 g/mol. The average Bonchev–Trinajstić information content (AvgIpc) is 2.33. The summed E-state index contributed by atoms with van der Waals surface area (Å²) in [4.78, 5) is 33.4. The molecular formula is C11H20N2O5. The zero-order valence-corrected chi connectivity index (χ0v) is 10.6. The molecule has 0 radical (unpaired) electrons. The van der Waals surface area contributed by atoms with Gasteiger partial charge in [0, 0.05) is 6.42 Å². The van der Waals surface area contributed by atoms with Gasteiger partial charge in [-0.1, -0.05) is 13.3 Å². The van der Waals surface area contributed by atoms with Crippen LogP contribution in [0.1, 0.15) is 32.6 Å². The van der Waals surface area contributed by atoms with Gasteiger partial charge >= 0.3 is 11.9 Å². The highest BCUT2D eigenvalue weighted by Gasteiger charge is 2.23. The SMILES string of the molecule is CCC[C@@H](N)C(=O)N[C@@H](CCC(=O)OC)C(=O)O. The second-order valence-corrected chi connectivity index (χ2v) is 3.91. The lowest BCUT2D eigenvalue weighted by Crippen LogP contribution is -2.48. The number of hydrogen-bond donors (Lipinski definition) is 3. The molecule has 0 rings (SSSR count). The molecule has 0 heterocycles. The van der Waals surface area contributed by atoms with Gasteiger partial charge < -0.3 is 20.9 Å². The fourth-order valence-corrected chi connectivity index (χ4v) is 1.34. The number of carbonyl (C=O) groups is 3. The van der Waals surface area contributed by atoms with Gasteiger partial charge in [0.1, 0.15) is 6.04 Å². The summed E-state index contributed by atoms with van der Waals surface area (Å²) in [7, 11) is 1.22. The number of methoxy groups -OCH3 is 1. The molecule has 0 aromatic carbocycles. The highest BCUT2D eigenvalue weighted by Crippen LogP contribution is 2.01. The second-order valence-electron chi connectivity index (χ2n) is 3.91. The molecule has 4 N–H and O–H groups in total. The standard InChI is InChI=1S/C11H20N2O5/c1-3-4-7(12)10(15)13-8(11(16)17)5-6-9(14)18-2/h7-8H,3-6,12H2,1-2H3,(H,13,15)(H,16,17)/t7-,8+/m1/s1. The highest BCUT2D eigenvalue weighted by atomic mass is 16.5. The lowest BCUT2D eigenvalue weighted by Gasteiger charge is -2.17. The minimum absolute atomic E-state index is 0.0212. The summed E-state index contributed by atoms with van der Waals surface area (Å²) in [5.74, 6) is -2.24. The number of rotatable bonds is 8. The maximum absolute atomic E-state index is 11.5. The number of carboxylic acids is 1. The molecule has 104 valence electrons. The minimum Gasteiger partial charge on any atom is -0.480 e. The lowest BCUT2D eigenvalue weighted by atomic mass is 10.1. The van der Waals surface area contributed by atoms with Crippen LogP contribution in [0.2, 0.25) is 0 Å². The number of carboxylic acid groups (broad SMARTS) is 1. The molecule has 0 aliphatic carbocycles. The summed E-state index contributed by atoms with van der Waals surface area (Å²) in [6.07, 6.45) is 1.12. The summed E-state index contributed by atoms with van der Waals surface area (Å²) in [5.41, 5.74) is 5.56. The van der Waals surface area contributed by atoms with Crippen molar-refractivity contribution in [1.82, 2.24) is 5.32 Å². The van der Waals surface area contributed by atoms with Gasteiger partial charge in [-0.05, 0) is 12.8 Å². The first-order chi connectivity index (χ1) is 8.42. The van der Waals surface area contributed by atoms with Gasteiger partial charge in [-0.15, -0.1) is 0 Å². The molecule has 0 bridgehead atoms. The Morgan fingerprint density at radius 3 is 2.39 bits per heavy atom. The van der Waals surface area contributed by atoms with Crippen LogP contribution in [0.25, 0.3) is 0 Å². The predicted octanol–water partition coefficient (Wildman–Crippen LogP) is -0.364. The summed E-state index contributed by atoms with van der Waals surface area (Å²) >= 11 is 0. The molecule has 0 saturated heterocycles. The third-order valence-electron chi connectivity index (χ3n) is 2.42. The molecule has 1 amide bonds. The Hall–Kier alpha value is -1.63. The first kappa shape index (κ1) is 16.4. The molecule has 7 heteroatoms. The molecule has 18 heavy (non-hydrogen) atoms. The van der Waals surface area contributed by atoms with Crippen molar-refractivity contribution in [1.29, 1.82) is 0 Å². The van der Waals surface area contributed by atoms with Gasteiger partial charge in [0.2, 0.25) is 5.91 Å². The van der Waals surface area contributed by atoms with Crippen molar-refractivity contribution in [2.75, 3.05) is 7.11 Å². The van der Waals surface area contributed by atoms with E-state index in [0.717, 1.165) is 6.42 Å². The second kappa shape index (κ2) is 8.46. The predicted molar refractivity (Wildman–Crippen MR) is 63.7 cm³/mol. The molecule has 0 fully saturated rings. The van der Waals surface area contributed by atoms with E-state index in [1.807, 2.05) is 6.92 Å². The van der Waals surface area contributed by atoms with E-state index < -0.39 is 29.9 Å². The van der Waals surface area contributed by atoms with Gasteiger partial charge in [-0.2, -0.15) is 0 Å². The van der Waals surface area contributed by atoms with Gasteiger partial charge in [-0.25, -0.2) is 4.79 Å². The Bertz CT molecular complexity index is 306. The first-order valence-electron chi connectivity index (χ1n) is 5.77. The number of aliphatic carboxylic acids is 1. The molecule has 0 saturated carbocycles. The van der Waals surface area contributed by atoms with Crippen LogP contribution in [0.5, 0.6) is 0 Å². The number of esters is 1. The molecule has 2 atom stereocenters. The van der Waals surface area contributed by atoms with Crippen molar-refractivity contribution in [2.45, 2.75) is 44.7 Å². The smallest absolute Gasteiger partial charge is 0.326 e. The normalized spacial score (nSPS) is 13.5. The van der Waals surface area contributed by atoms with E-state index in [9.17, 15) is 14.4 Å². The molecule has 0 unspecified atom stereocenters. The first-order valence-corrected chi connectivity index (χ1v) is 5.77. The lowest BCUT2D eigenvalue weighted by molar-refractivity contribution is -0.144. The quantitative estimate of drug-likeness (QED) is 0.513. The van der Waals surface area contributed by atoms with Crippen molar-refractivity contribution >= 4 is 17.8 Å². The van der Waals surface area contributed by atoms with E-state index >= 15 is 0 Å². The van der Waals surface area contributed by atoms with Crippen LogP contribution in [-0.4, -0.2) is 42.1 Å². The molecule has 0 spiro atoms. The molecule has 0 aliphatic rings.